The van der Waals surface area contributed by atoms with E-state index in [2.05, 4.69) is 26.1 Å². The Kier molecular flexibility index (Phi) is 4.97. The second-order valence-corrected chi connectivity index (χ2v) is 8.66. The van der Waals surface area contributed by atoms with E-state index >= 15 is 0 Å². The van der Waals surface area contributed by atoms with Crippen LogP contribution in [0.1, 0.15) is 13.8 Å². The Morgan fingerprint density at radius 2 is 2.00 bits per heavy atom. The van der Waals surface area contributed by atoms with Crippen molar-refractivity contribution in [1.29, 1.82) is 0 Å². The van der Waals surface area contributed by atoms with E-state index in [-0.39, 0.29) is 11.1 Å². The minimum atomic E-state index is -3.98. The van der Waals surface area contributed by atoms with Crippen LogP contribution in [-0.4, -0.2) is 23.2 Å². The number of rotatable bonds is 4. The highest BCUT2D eigenvalue weighted by atomic mass is 79.9. The van der Waals surface area contributed by atoms with Gasteiger partial charge in [0, 0.05) is 27.3 Å². The predicted molar refractivity (Wildman–Crippen MR) is 86.0 cm³/mol. The Morgan fingerprint density at radius 1 is 1.33 bits per heavy atom. The molecular formula is C12H12BrCl2N3O2S. The average Bonchev–Trinajstić information content (AvgIpc) is 2.74. The van der Waals surface area contributed by atoms with Crippen LogP contribution < -0.4 is 0 Å². The number of nitrogens with zero attached hydrogens (tertiary/aromatic N) is 3. The summed E-state index contributed by atoms with van der Waals surface area (Å²) in [5.74, 6) is 0.553. The van der Waals surface area contributed by atoms with E-state index in [1.165, 1.54) is 4.57 Å². The van der Waals surface area contributed by atoms with E-state index in [0.29, 0.717) is 23.0 Å². The zero-order chi connectivity index (χ0) is 15.8. The first-order valence-corrected chi connectivity index (χ1v) is 9.51. The maximum Gasteiger partial charge on any atom is 0.296 e. The maximum atomic E-state index is 11.6. The minimum Gasteiger partial charge on any atom is -0.297 e. The van der Waals surface area contributed by atoms with Crippen molar-refractivity contribution in [3.8, 4) is 11.4 Å². The molecule has 0 aliphatic rings. The van der Waals surface area contributed by atoms with Gasteiger partial charge >= 0.3 is 0 Å². The molecule has 0 bridgehead atoms. The Morgan fingerprint density at radius 3 is 2.57 bits per heavy atom. The number of benzene rings is 1. The van der Waals surface area contributed by atoms with Crippen molar-refractivity contribution in [2.45, 2.75) is 25.5 Å². The van der Waals surface area contributed by atoms with E-state index in [1.54, 1.807) is 18.2 Å². The first kappa shape index (κ1) is 16.7. The summed E-state index contributed by atoms with van der Waals surface area (Å²) in [4.78, 5) is 0. The number of halogens is 3. The van der Waals surface area contributed by atoms with Crippen molar-refractivity contribution in [3.05, 3.63) is 27.7 Å². The van der Waals surface area contributed by atoms with Crippen molar-refractivity contribution >= 4 is 47.3 Å². The highest BCUT2D eigenvalue weighted by Gasteiger charge is 2.24. The summed E-state index contributed by atoms with van der Waals surface area (Å²) < 4.78 is 25.5. The average molecular weight is 413 g/mol. The van der Waals surface area contributed by atoms with Crippen LogP contribution in [0.2, 0.25) is 5.02 Å². The van der Waals surface area contributed by atoms with Crippen LogP contribution in [0.4, 0.5) is 0 Å². The molecule has 0 radical (unpaired) electrons. The molecule has 5 nitrogen and oxygen atoms in total. The molecule has 0 aliphatic carbocycles. The molecule has 2 aromatic rings. The second kappa shape index (κ2) is 6.24. The molecule has 0 saturated carbocycles. The van der Waals surface area contributed by atoms with Crippen molar-refractivity contribution in [3.63, 3.8) is 0 Å². The summed E-state index contributed by atoms with van der Waals surface area (Å²) in [5.41, 5.74) is 0.589. The SMILES string of the molecule is CC(C)Cn1c(-c2cc(Br)ccc2Cl)nnc1S(=O)(=O)Cl. The molecule has 0 fully saturated rings. The lowest BCUT2D eigenvalue weighted by atomic mass is 10.2. The van der Waals surface area contributed by atoms with Crippen LogP contribution in [0.3, 0.4) is 0 Å². The molecule has 0 N–H and O–H groups in total. The summed E-state index contributed by atoms with van der Waals surface area (Å²) in [6.45, 7) is 4.32. The van der Waals surface area contributed by atoms with Crippen LogP contribution in [0, 0.1) is 5.92 Å². The van der Waals surface area contributed by atoms with Crippen LogP contribution >= 0.6 is 38.2 Å². The molecular weight excluding hydrogens is 401 g/mol. The second-order valence-electron chi connectivity index (χ2n) is 4.87. The molecule has 9 heteroatoms. The minimum absolute atomic E-state index is 0.183. The Hall–Kier alpha value is -0.630. The summed E-state index contributed by atoms with van der Waals surface area (Å²) in [6.07, 6.45) is 0. The highest BCUT2D eigenvalue weighted by molar-refractivity contribution is 9.10. The first-order valence-electron chi connectivity index (χ1n) is 6.03. The number of hydrogen-bond acceptors (Lipinski definition) is 4. The molecule has 2 rings (SSSR count). The molecule has 0 unspecified atom stereocenters. The van der Waals surface area contributed by atoms with Crippen molar-refractivity contribution in [2.75, 3.05) is 0 Å². The lowest BCUT2D eigenvalue weighted by Gasteiger charge is -2.12. The molecule has 21 heavy (non-hydrogen) atoms. The Labute approximate surface area is 140 Å². The van der Waals surface area contributed by atoms with Gasteiger partial charge in [0.05, 0.1) is 5.02 Å². The predicted octanol–water partition coefficient (Wildman–Crippen LogP) is 3.94. The van der Waals surface area contributed by atoms with Gasteiger partial charge in [0.2, 0.25) is 0 Å². The van der Waals surface area contributed by atoms with Gasteiger partial charge in [0.1, 0.15) is 0 Å². The van der Waals surface area contributed by atoms with E-state index in [1.807, 2.05) is 13.8 Å². The fourth-order valence-corrected chi connectivity index (χ4v) is 3.34. The van der Waals surface area contributed by atoms with Crippen LogP contribution in [0.5, 0.6) is 0 Å². The van der Waals surface area contributed by atoms with Gasteiger partial charge in [-0.2, -0.15) is 0 Å². The van der Waals surface area contributed by atoms with Gasteiger partial charge in [-0.3, -0.25) is 4.57 Å². The lowest BCUT2D eigenvalue weighted by Crippen LogP contribution is -2.12. The van der Waals surface area contributed by atoms with Crippen molar-refractivity contribution in [2.24, 2.45) is 5.92 Å². The summed E-state index contributed by atoms with van der Waals surface area (Å²) in [5, 5.41) is 7.84. The third-order valence-corrected chi connectivity index (χ3v) is 4.63. The molecule has 114 valence electrons. The fourth-order valence-electron chi connectivity index (χ4n) is 1.87. The van der Waals surface area contributed by atoms with Crippen molar-refractivity contribution < 1.29 is 8.42 Å². The van der Waals surface area contributed by atoms with E-state index in [4.69, 9.17) is 22.3 Å². The Balaban J connectivity index is 2.69. The summed E-state index contributed by atoms with van der Waals surface area (Å²) >= 11 is 9.53. The third-order valence-electron chi connectivity index (χ3n) is 2.65. The Bertz CT molecular complexity index is 775. The van der Waals surface area contributed by atoms with E-state index < -0.39 is 9.05 Å². The van der Waals surface area contributed by atoms with Gasteiger partial charge < -0.3 is 0 Å². The summed E-state index contributed by atoms with van der Waals surface area (Å²) in [6, 6.07) is 5.24. The fraction of sp³-hybridized carbons (Fsp3) is 0.333. The smallest absolute Gasteiger partial charge is 0.296 e. The topological polar surface area (TPSA) is 64.8 Å². The molecule has 1 aromatic heterocycles. The van der Waals surface area contributed by atoms with Gasteiger partial charge in [0.15, 0.2) is 5.82 Å². The molecule has 0 atom stereocenters. The van der Waals surface area contributed by atoms with E-state index in [9.17, 15) is 8.42 Å². The molecule has 0 spiro atoms. The maximum absolute atomic E-state index is 11.6. The zero-order valence-corrected chi connectivity index (χ0v) is 15.1. The van der Waals surface area contributed by atoms with Gasteiger partial charge in [-0.05, 0) is 24.1 Å². The molecule has 0 aliphatic heterocycles. The van der Waals surface area contributed by atoms with Crippen LogP contribution in [0.25, 0.3) is 11.4 Å². The van der Waals surface area contributed by atoms with Gasteiger partial charge in [0.25, 0.3) is 14.2 Å². The normalized spacial score (nSPS) is 12.1. The molecule has 0 amide bonds. The standard InChI is InChI=1S/C12H12BrCl2N3O2S/c1-7(2)6-18-11(16-17-12(18)21(15,19)20)9-5-8(13)3-4-10(9)14/h3-5,7H,6H2,1-2H3. The first-order chi connectivity index (χ1) is 9.70. The quantitative estimate of drug-likeness (QED) is 0.713. The highest BCUT2D eigenvalue weighted by Crippen LogP contribution is 2.31. The number of aromatic nitrogens is 3. The van der Waals surface area contributed by atoms with Gasteiger partial charge in [-0.1, -0.05) is 41.4 Å². The zero-order valence-electron chi connectivity index (χ0n) is 11.2. The summed E-state index contributed by atoms with van der Waals surface area (Å²) in [7, 11) is 1.44. The van der Waals surface area contributed by atoms with Gasteiger partial charge in [-0.15, -0.1) is 10.2 Å². The van der Waals surface area contributed by atoms with Gasteiger partial charge in [-0.25, -0.2) is 8.42 Å². The van der Waals surface area contributed by atoms with Crippen molar-refractivity contribution in [1.82, 2.24) is 14.8 Å². The number of hydrogen-bond donors (Lipinski definition) is 0. The monoisotopic (exact) mass is 411 g/mol. The van der Waals surface area contributed by atoms with Crippen LogP contribution in [0.15, 0.2) is 27.8 Å². The van der Waals surface area contributed by atoms with E-state index in [0.717, 1.165) is 4.47 Å². The van der Waals surface area contributed by atoms with Crippen LogP contribution in [-0.2, 0) is 15.6 Å². The molecule has 0 saturated heterocycles. The third kappa shape index (κ3) is 3.77. The largest absolute Gasteiger partial charge is 0.297 e. The molecule has 1 aromatic carbocycles. The lowest BCUT2D eigenvalue weighted by molar-refractivity contribution is 0.488. The molecule has 1 heterocycles.